The van der Waals surface area contributed by atoms with Crippen LogP contribution >= 0.6 is 0 Å². The quantitative estimate of drug-likeness (QED) is 0.0322. The Bertz CT molecular complexity index is 1010. The molecule has 3 N–H and O–H groups in total. The lowest BCUT2D eigenvalue weighted by Crippen LogP contribution is -2.46. The van der Waals surface area contributed by atoms with E-state index in [-0.39, 0.29) is 24.9 Å². The van der Waals surface area contributed by atoms with Crippen LogP contribution in [-0.2, 0) is 14.3 Å². The van der Waals surface area contributed by atoms with Gasteiger partial charge < -0.3 is 20.3 Å². The Hall–Kier alpha value is -1.92. The highest BCUT2D eigenvalue weighted by atomic mass is 16.5. The monoisotopic (exact) mass is 858 g/mol. The maximum atomic E-state index is 13.2. The summed E-state index contributed by atoms with van der Waals surface area (Å²) in [5, 5.41) is 23.8. The molecular weight excluding hydrogens is 755 g/mol. The van der Waals surface area contributed by atoms with E-state index in [1.165, 1.54) is 161 Å². The average Bonchev–Trinajstić information content (AvgIpc) is 3.25. The zero-order chi connectivity index (χ0) is 44.5. The minimum absolute atomic E-state index is 0.0584. The van der Waals surface area contributed by atoms with Gasteiger partial charge in [-0.3, -0.25) is 9.59 Å². The first-order valence-electron chi connectivity index (χ1n) is 26.7. The lowest BCUT2D eigenvalue weighted by molar-refractivity contribution is -0.151. The Morgan fingerprint density at radius 3 is 1.33 bits per heavy atom. The zero-order valence-electron chi connectivity index (χ0n) is 40.8. The molecular formula is C55H103NO5. The van der Waals surface area contributed by atoms with E-state index >= 15 is 0 Å². The maximum absolute atomic E-state index is 13.2. The molecule has 0 rings (SSSR count). The van der Waals surface area contributed by atoms with Gasteiger partial charge in [0.15, 0.2) is 0 Å². The largest absolute Gasteiger partial charge is 0.462 e. The Morgan fingerprint density at radius 2 is 0.885 bits per heavy atom. The fourth-order valence-corrected chi connectivity index (χ4v) is 8.26. The van der Waals surface area contributed by atoms with Crippen molar-refractivity contribution in [3.8, 4) is 0 Å². The van der Waals surface area contributed by atoms with Gasteiger partial charge in [0.2, 0.25) is 5.91 Å². The van der Waals surface area contributed by atoms with E-state index < -0.39 is 18.2 Å². The second-order valence-electron chi connectivity index (χ2n) is 18.3. The lowest BCUT2D eigenvalue weighted by atomic mass is 10.0. The van der Waals surface area contributed by atoms with E-state index in [9.17, 15) is 19.8 Å². The number of hydrogen-bond acceptors (Lipinski definition) is 5. The average molecular weight is 858 g/mol. The summed E-state index contributed by atoms with van der Waals surface area (Å²) < 4.78 is 5.92. The van der Waals surface area contributed by atoms with Crippen molar-refractivity contribution in [3.63, 3.8) is 0 Å². The third kappa shape index (κ3) is 44.5. The van der Waals surface area contributed by atoms with Crippen molar-refractivity contribution >= 4 is 11.9 Å². The predicted octanol–water partition coefficient (Wildman–Crippen LogP) is 16.1. The van der Waals surface area contributed by atoms with Crippen molar-refractivity contribution in [2.45, 2.75) is 296 Å². The third-order valence-electron chi connectivity index (χ3n) is 12.3. The van der Waals surface area contributed by atoms with E-state index in [4.69, 9.17) is 4.74 Å². The van der Waals surface area contributed by atoms with Crippen molar-refractivity contribution in [1.82, 2.24) is 5.32 Å². The number of aliphatic hydroxyl groups is 2. The molecule has 0 saturated carbocycles. The zero-order valence-corrected chi connectivity index (χ0v) is 40.8. The number of hydrogen-bond donors (Lipinski definition) is 3. The van der Waals surface area contributed by atoms with Gasteiger partial charge in [-0.25, -0.2) is 0 Å². The topological polar surface area (TPSA) is 95.9 Å². The molecule has 0 aromatic carbocycles. The number of aliphatic hydroxyl groups excluding tert-OH is 2. The second kappa shape index (κ2) is 49.1. The molecule has 0 spiro atoms. The van der Waals surface area contributed by atoms with Crippen molar-refractivity contribution in [3.05, 3.63) is 36.5 Å². The minimum atomic E-state index is -0.794. The van der Waals surface area contributed by atoms with Crippen molar-refractivity contribution in [1.29, 1.82) is 0 Å². The van der Waals surface area contributed by atoms with Crippen LogP contribution in [0.5, 0.6) is 0 Å². The number of carbonyl (C=O) groups excluding carboxylic acids is 2. The molecule has 0 saturated heterocycles. The summed E-state index contributed by atoms with van der Waals surface area (Å²) in [6.07, 6.45) is 57.9. The van der Waals surface area contributed by atoms with Gasteiger partial charge in [0.1, 0.15) is 6.10 Å². The fourth-order valence-electron chi connectivity index (χ4n) is 8.26. The predicted molar refractivity (Wildman–Crippen MR) is 264 cm³/mol. The summed E-state index contributed by atoms with van der Waals surface area (Å²) in [5.74, 6) is -0.497. The van der Waals surface area contributed by atoms with Crippen LogP contribution in [0.2, 0.25) is 0 Å². The van der Waals surface area contributed by atoms with E-state index in [2.05, 4.69) is 56.5 Å². The number of amides is 1. The molecule has 1 amide bonds. The standard InChI is InChI=1S/C55H103NO5/c1-4-7-10-13-16-19-22-24-26-27-28-30-33-36-39-42-45-48-55(60)61-51(46-43-40-37-34-31-21-18-15-12-9-6-3)49-54(59)56-52(50-57)53(58)47-44-41-38-35-32-29-25-23-20-17-14-11-8-5-2/h9,12,15,18,21,31,51-53,57-58H,4-8,10-11,13-14,16-17,19-20,22-30,32-50H2,1-3H3,(H,56,59)/b12-9+,18-15+,31-21-. The van der Waals surface area contributed by atoms with Crippen molar-refractivity contribution in [2.24, 2.45) is 0 Å². The Labute approximate surface area is 379 Å². The molecule has 6 heteroatoms. The first kappa shape index (κ1) is 59.1. The van der Waals surface area contributed by atoms with Gasteiger partial charge in [0.05, 0.1) is 25.2 Å². The van der Waals surface area contributed by atoms with Gasteiger partial charge in [-0.15, -0.1) is 0 Å². The molecule has 0 aliphatic rings. The summed E-state index contributed by atoms with van der Waals surface area (Å²) in [6.45, 7) is 6.36. The number of allylic oxidation sites excluding steroid dienone is 6. The van der Waals surface area contributed by atoms with Crippen LogP contribution in [0.15, 0.2) is 36.5 Å². The van der Waals surface area contributed by atoms with Crippen LogP contribution in [0.25, 0.3) is 0 Å². The van der Waals surface area contributed by atoms with Crippen molar-refractivity contribution < 1.29 is 24.5 Å². The van der Waals surface area contributed by atoms with Crippen LogP contribution in [0, 0.1) is 0 Å². The molecule has 0 radical (unpaired) electrons. The van der Waals surface area contributed by atoms with Crippen LogP contribution in [0.4, 0.5) is 0 Å². The second-order valence-corrected chi connectivity index (χ2v) is 18.3. The highest BCUT2D eigenvalue weighted by Gasteiger charge is 2.24. The van der Waals surface area contributed by atoms with E-state index in [0.717, 1.165) is 70.6 Å². The first-order valence-corrected chi connectivity index (χ1v) is 26.7. The molecule has 0 fully saturated rings. The number of ether oxygens (including phenoxy) is 1. The van der Waals surface area contributed by atoms with Crippen LogP contribution < -0.4 is 5.32 Å². The molecule has 61 heavy (non-hydrogen) atoms. The maximum Gasteiger partial charge on any atom is 0.306 e. The SMILES string of the molecule is CC/C=C/C=C/C=C\CCCCCC(CC(=O)NC(CO)C(O)CCCCCCCCCCCCCCCC)OC(=O)CCCCCCCCCCCCCCCCCCC. The molecule has 0 aliphatic heterocycles. The Balaban J connectivity index is 4.49. The highest BCUT2D eigenvalue weighted by molar-refractivity contribution is 5.77. The summed E-state index contributed by atoms with van der Waals surface area (Å²) in [6, 6.07) is -0.709. The Morgan fingerprint density at radius 1 is 0.492 bits per heavy atom. The molecule has 0 heterocycles. The van der Waals surface area contributed by atoms with Gasteiger partial charge in [0.25, 0.3) is 0 Å². The molecule has 0 aliphatic carbocycles. The van der Waals surface area contributed by atoms with Crippen molar-refractivity contribution in [2.75, 3.05) is 6.61 Å². The first-order chi connectivity index (χ1) is 30.0. The summed E-state index contributed by atoms with van der Waals surface area (Å²) in [5.41, 5.74) is 0. The number of esters is 1. The smallest absolute Gasteiger partial charge is 0.306 e. The fraction of sp³-hybridized carbons (Fsp3) is 0.855. The molecule has 0 bridgehead atoms. The lowest BCUT2D eigenvalue weighted by Gasteiger charge is -2.24. The Kier molecular flexibility index (Phi) is 47.6. The van der Waals surface area contributed by atoms with E-state index in [1.54, 1.807) is 0 Å². The van der Waals surface area contributed by atoms with Gasteiger partial charge in [-0.1, -0.05) is 256 Å². The summed E-state index contributed by atoms with van der Waals surface area (Å²) in [4.78, 5) is 26.1. The number of carbonyl (C=O) groups is 2. The van der Waals surface area contributed by atoms with Gasteiger partial charge in [-0.05, 0) is 44.9 Å². The minimum Gasteiger partial charge on any atom is -0.462 e. The molecule has 0 aromatic heterocycles. The highest BCUT2D eigenvalue weighted by Crippen LogP contribution is 2.18. The summed E-state index contributed by atoms with van der Waals surface area (Å²) in [7, 11) is 0. The molecule has 3 atom stereocenters. The van der Waals surface area contributed by atoms with Gasteiger partial charge in [-0.2, -0.15) is 0 Å². The normalized spacial score (nSPS) is 13.5. The number of unbranched alkanes of at least 4 members (excludes halogenated alkanes) is 32. The molecule has 0 aromatic rings. The van der Waals surface area contributed by atoms with Crippen LogP contribution in [0.3, 0.4) is 0 Å². The molecule has 3 unspecified atom stereocenters. The molecule has 6 nitrogen and oxygen atoms in total. The van der Waals surface area contributed by atoms with Crippen LogP contribution in [-0.4, -0.2) is 46.9 Å². The van der Waals surface area contributed by atoms with Gasteiger partial charge in [0, 0.05) is 6.42 Å². The number of rotatable bonds is 48. The molecule has 358 valence electrons. The van der Waals surface area contributed by atoms with Gasteiger partial charge >= 0.3 is 5.97 Å². The number of nitrogens with one attached hydrogen (secondary N) is 1. The third-order valence-corrected chi connectivity index (χ3v) is 12.3. The summed E-state index contributed by atoms with van der Waals surface area (Å²) >= 11 is 0. The van der Waals surface area contributed by atoms with E-state index in [0.29, 0.717) is 19.3 Å². The van der Waals surface area contributed by atoms with E-state index in [1.807, 2.05) is 6.08 Å². The van der Waals surface area contributed by atoms with Crippen LogP contribution in [0.1, 0.15) is 278 Å².